The van der Waals surface area contributed by atoms with E-state index in [1.807, 2.05) is 6.92 Å². The van der Waals surface area contributed by atoms with Crippen LogP contribution < -0.4 is 0 Å². The van der Waals surface area contributed by atoms with E-state index in [0.717, 1.165) is 12.8 Å². The molecule has 3 nitrogen and oxygen atoms in total. The van der Waals surface area contributed by atoms with E-state index in [2.05, 4.69) is 15.9 Å². The van der Waals surface area contributed by atoms with Gasteiger partial charge in [0.05, 0.1) is 10.1 Å². The zero-order chi connectivity index (χ0) is 14.0. The number of hydrogen-bond acceptors (Lipinski definition) is 2. The van der Waals surface area contributed by atoms with Gasteiger partial charge in [-0.2, -0.15) is 0 Å². The Hall–Kier alpha value is -0.940. The lowest BCUT2D eigenvalue weighted by Crippen LogP contribution is -2.49. The Bertz CT molecular complexity index is 494. The Kier molecular flexibility index (Phi) is 4.26. The molecule has 1 aliphatic heterocycles. The van der Waals surface area contributed by atoms with Crippen molar-refractivity contribution in [2.24, 2.45) is 0 Å². The van der Waals surface area contributed by atoms with Gasteiger partial charge in [-0.1, -0.05) is 0 Å². The van der Waals surface area contributed by atoms with Gasteiger partial charge in [0.15, 0.2) is 0 Å². The van der Waals surface area contributed by atoms with Crippen LogP contribution in [-0.2, 0) is 4.74 Å². The number of rotatable bonds is 2. The van der Waals surface area contributed by atoms with Crippen LogP contribution in [0, 0.1) is 5.82 Å². The highest BCUT2D eigenvalue weighted by atomic mass is 79.9. The first kappa shape index (κ1) is 14.5. The Morgan fingerprint density at radius 1 is 1.53 bits per heavy atom. The molecule has 0 saturated carbocycles. The predicted octanol–water partition coefficient (Wildman–Crippen LogP) is 3.23. The molecule has 104 valence electrons. The largest absolute Gasteiger partial charge is 0.377 e. The topological polar surface area (TPSA) is 29.5 Å². The third-order valence-electron chi connectivity index (χ3n) is 3.61. The number of carbonyl (C=O) groups is 1. The molecule has 5 heteroatoms. The van der Waals surface area contributed by atoms with Crippen molar-refractivity contribution in [2.75, 3.05) is 20.2 Å². The molecule has 0 spiro atoms. The molecule has 1 aromatic rings. The van der Waals surface area contributed by atoms with E-state index in [-0.39, 0.29) is 17.3 Å². The van der Waals surface area contributed by atoms with Crippen LogP contribution in [0.4, 0.5) is 4.39 Å². The maximum atomic E-state index is 13.2. The van der Waals surface area contributed by atoms with E-state index in [4.69, 9.17) is 4.74 Å². The fraction of sp³-hybridized carbons (Fsp3) is 0.500. The molecule has 1 heterocycles. The second kappa shape index (κ2) is 5.59. The minimum atomic E-state index is -0.364. The maximum absolute atomic E-state index is 13.2. The average Bonchev–Trinajstić information content (AvgIpc) is 2.41. The van der Waals surface area contributed by atoms with Crippen LogP contribution >= 0.6 is 15.9 Å². The zero-order valence-corrected chi connectivity index (χ0v) is 12.7. The second-order valence-electron chi connectivity index (χ2n) is 5.11. The molecule has 1 atom stereocenters. The van der Waals surface area contributed by atoms with Crippen molar-refractivity contribution in [2.45, 2.75) is 25.4 Å². The number of piperidine rings is 1. The number of halogens is 2. The third-order valence-corrected chi connectivity index (χ3v) is 4.21. The maximum Gasteiger partial charge on any atom is 0.253 e. The molecule has 19 heavy (non-hydrogen) atoms. The van der Waals surface area contributed by atoms with Gasteiger partial charge in [-0.05, 0) is 53.9 Å². The van der Waals surface area contributed by atoms with Crippen molar-refractivity contribution in [3.63, 3.8) is 0 Å². The molecule has 1 aromatic carbocycles. The first-order chi connectivity index (χ1) is 8.95. The van der Waals surface area contributed by atoms with Gasteiger partial charge in [-0.15, -0.1) is 0 Å². The standard InChI is InChI=1S/C14H17BrFNO2/c1-14(19-2)6-3-7-17(9-14)13(18)10-4-5-12(16)11(15)8-10/h4-5,8H,3,6-7,9H2,1-2H3. The van der Waals surface area contributed by atoms with E-state index in [1.165, 1.54) is 18.2 Å². The van der Waals surface area contributed by atoms with Crippen molar-refractivity contribution in [3.8, 4) is 0 Å². The van der Waals surface area contributed by atoms with E-state index in [0.29, 0.717) is 23.1 Å². The Morgan fingerprint density at radius 3 is 2.89 bits per heavy atom. The summed E-state index contributed by atoms with van der Waals surface area (Å²) in [6.45, 7) is 3.29. The molecule has 1 unspecified atom stereocenters. The van der Waals surface area contributed by atoms with Crippen LogP contribution in [0.1, 0.15) is 30.1 Å². The van der Waals surface area contributed by atoms with Crippen molar-refractivity contribution in [1.82, 2.24) is 4.90 Å². The normalized spacial score (nSPS) is 23.5. The fourth-order valence-corrected chi connectivity index (χ4v) is 2.74. The minimum absolute atomic E-state index is 0.0799. The van der Waals surface area contributed by atoms with Gasteiger partial charge in [0.1, 0.15) is 5.82 Å². The number of ether oxygens (including phenoxy) is 1. The lowest BCUT2D eigenvalue weighted by molar-refractivity contribution is -0.0440. The minimum Gasteiger partial charge on any atom is -0.377 e. The summed E-state index contributed by atoms with van der Waals surface area (Å²) in [6, 6.07) is 4.34. The number of hydrogen-bond donors (Lipinski definition) is 0. The van der Waals surface area contributed by atoms with Gasteiger partial charge >= 0.3 is 0 Å². The van der Waals surface area contributed by atoms with Crippen LogP contribution in [0.3, 0.4) is 0 Å². The first-order valence-electron chi connectivity index (χ1n) is 6.25. The Balaban J connectivity index is 2.17. The third kappa shape index (κ3) is 3.15. The lowest BCUT2D eigenvalue weighted by Gasteiger charge is -2.39. The van der Waals surface area contributed by atoms with Crippen LogP contribution in [0.25, 0.3) is 0 Å². The van der Waals surface area contributed by atoms with Gasteiger partial charge in [-0.25, -0.2) is 4.39 Å². The summed E-state index contributed by atoms with van der Waals surface area (Å²) >= 11 is 3.10. The van der Waals surface area contributed by atoms with Crippen LogP contribution in [0.5, 0.6) is 0 Å². The summed E-state index contributed by atoms with van der Waals surface area (Å²) in [5.41, 5.74) is 0.208. The molecule has 0 bridgehead atoms. The van der Waals surface area contributed by atoms with E-state index in [1.54, 1.807) is 12.0 Å². The van der Waals surface area contributed by atoms with Gasteiger partial charge in [0.25, 0.3) is 5.91 Å². The summed E-state index contributed by atoms with van der Waals surface area (Å²) in [6.07, 6.45) is 1.86. The van der Waals surface area contributed by atoms with Crippen LogP contribution in [0.2, 0.25) is 0 Å². The van der Waals surface area contributed by atoms with Gasteiger partial charge in [-0.3, -0.25) is 4.79 Å². The number of methoxy groups -OCH3 is 1. The smallest absolute Gasteiger partial charge is 0.253 e. The number of amides is 1. The van der Waals surface area contributed by atoms with Gasteiger partial charge in [0.2, 0.25) is 0 Å². The summed E-state index contributed by atoms with van der Waals surface area (Å²) in [5, 5.41) is 0. The van der Waals surface area contributed by atoms with E-state index >= 15 is 0 Å². The monoisotopic (exact) mass is 329 g/mol. The summed E-state index contributed by atoms with van der Waals surface area (Å²) in [7, 11) is 1.67. The highest BCUT2D eigenvalue weighted by molar-refractivity contribution is 9.10. The molecule has 0 aromatic heterocycles. The molecular weight excluding hydrogens is 313 g/mol. The summed E-state index contributed by atoms with van der Waals surface area (Å²) in [5.74, 6) is -0.444. The average molecular weight is 330 g/mol. The molecule has 0 radical (unpaired) electrons. The molecule has 1 amide bonds. The van der Waals surface area contributed by atoms with Crippen molar-refractivity contribution in [1.29, 1.82) is 0 Å². The number of carbonyl (C=O) groups excluding carboxylic acids is 1. The van der Waals surface area contributed by atoms with Crippen molar-refractivity contribution in [3.05, 3.63) is 34.1 Å². The van der Waals surface area contributed by atoms with Crippen LogP contribution in [0.15, 0.2) is 22.7 Å². The lowest BCUT2D eigenvalue weighted by atomic mass is 9.94. The van der Waals surface area contributed by atoms with Crippen molar-refractivity contribution >= 4 is 21.8 Å². The molecule has 1 aliphatic rings. The van der Waals surface area contributed by atoms with E-state index < -0.39 is 0 Å². The molecule has 1 saturated heterocycles. The highest BCUT2D eigenvalue weighted by Crippen LogP contribution is 2.26. The highest BCUT2D eigenvalue weighted by Gasteiger charge is 2.33. The van der Waals surface area contributed by atoms with Crippen molar-refractivity contribution < 1.29 is 13.9 Å². The molecule has 0 N–H and O–H groups in total. The SMILES string of the molecule is COC1(C)CCCN(C(=O)c2ccc(F)c(Br)c2)C1. The number of benzene rings is 1. The molecule has 2 rings (SSSR count). The number of likely N-dealkylation sites (tertiary alicyclic amines) is 1. The fourth-order valence-electron chi connectivity index (χ4n) is 2.36. The second-order valence-corrected chi connectivity index (χ2v) is 5.97. The zero-order valence-electron chi connectivity index (χ0n) is 11.1. The summed E-state index contributed by atoms with van der Waals surface area (Å²) in [4.78, 5) is 14.2. The van der Waals surface area contributed by atoms with E-state index in [9.17, 15) is 9.18 Å². The summed E-state index contributed by atoms with van der Waals surface area (Å²) < 4.78 is 19.0. The Labute approximate surface area is 120 Å². The quantitative estimate of drug-likeness (QED) is 0.833. The predicted molar refractivity (Wildman–Crippen MR) is 74.7 cm³/mol. The van der Waals surface area contributed by atoms with Gasteiger partial charge < -0.3 is 9.64 Å². The van der Waals surface area contributed by atoms with Gasteiger partial charge in [0, 0.05) is 25.8 Å². The molecule has 0 aliphatic carbocycles. The van der Waals surface area contributed by atoms with Crippen LogP contribution in [-0.4, -0.2) is 36.6 Å². The first-order valence-corrected chi connectivity index (χ1v) is 7.04. The Morgan fingerprint density at radius 2 is 2.26 bits per heavy atom. The molecule has 1 fully saturated rings. The molecular formula is C14H17BrFNO2. The number of nitrogens with zero attached hydrogens (tertiary/aromatic N) is 1.